The molecule has 1 amide bonds. The number of hydrogen-bond donors (Lipinski definition) is 0. The molecule has 0 spiro atoms. The molecule has 0 atom stereocenters. The van der Waals surface area contributed by atoms with Gasteiger partial charge >= 0.3 is 6.18 Å². The highest BCUT2D eigenvalue weighted by molar-refractivity contribution is 7.07. The van der Waals surface area contributed by atoms with Crippen LogP contribution in [0.2, 0.25) is 0 Å². The summed E-state index contributed by atoms with van der Waals surface area (Å²) in [6.07, 6.45) is -3.75. The first kappa shape index (κ1) is 16.4. The highest BCUT2D eigenvalue weighted by Gasteiger charge is 2.30. The van der Waals surface area contributed by atoms with Crippen LogP contribution in [0.4, 0.5) is 13.2 Å². The van der Waals surface area contributed by atoms with E-state index in [0.717, 1.165) is 23.7 Å². The van der Waals surface area contributed by atoms with E-state index in [-0.39, 0.29) is 12.5 Å². The normalized spacial score (nSPS) is 11.5. The van der Waals surface area contributed by atoms with E-state index in [2.05, 4.69) is 9.59 Å². The monoisotopic (exact) mass is 329 g/mol. The van der Waals surface area contributed by atoms with Gasteiger partial charge in [0, 0.05) is 13.6 Å². The molecule has 22 heavy (non-hydrogen) atoms. The Kier molecular flexibility index (Phi) is 4.80. The van der Waals surface area contributed by atoms with E-state index in [1.54, 1.807) is 7.05 Å². The van der Waals surface area contributed by atoms with Gasteiger partial charge in [-0.3, -0.25) is 4.79 Å². The number of rotatable bonds is 4. The van der Waals surface area contributed by atoms with Crippen molar-refractivity contribution in [3.8, 4) is 0 Å². The molecule has 1 aromatic carbocycles. The van der Waals surface area contributed by atoms with Gasteiger partial charge in [0.1, 0.15) is 4.88 Å². The minimum Gasteiger partial charge on any atom is -0.337 e. The van der Waals surface area contributed by atoms with Gasteiger partial charge in [-0.05, 0) is 35.6 Å². The third-order valence-electron chi connectivity index (χ3n) is 3.13. The number of benzene rings is 1. The van der Waals surface area contributed by atoms with Crippen molar-refractivity contribution in [2.75, 3.05) is 7.05 Å². The van der Waals surface area contributed by atoms with E-state index in [4.69, 9.17) is 0 Å². The van der Waals surface area contributed by atoms with Crippen LogP contribution < -0.4 is 0 Å². The Morgan fingerprint density at radius 3 is 2.45 bits per heavy atom. The lowest BCUT2D eigenvalue weighted by atomic mass is 10.1. The maximum Gasteiger partial charge on any atom is 0.416 e. The van der Waals surface area contributed by atoms with E-state index in [9.17, 15) is 18.0 Å². The molecule has 0 aliphatic carbocycles. The predicted molar refractivity (Wildman–Crippen MR) is 76.5 cm³/mol. The highest BCUT2D eigenvalue weighted by Crippen LogP contribution is 2.29. The molecule has 118 valence electrons. The first-order valence-corrected chi connectivity index (χ1v) is 7.33. The molecule has 0 saturated heterocycles. The fourth-order valence-corrected chi connectivity index (χ4v) is 2.67. The highest BCUT2D eigenvalue weighted by atomic mass is 32.1. The van der Waals surface area contributed by atoms with Crippen LogP contribution in [0, 0.1) is 0 Å². The number of nitrogens with zero attached hydrogens (tertiary/aromatic N) is 3. The van der Waals surface area contributed by atoms with Gasteiger partial charge < -0.3 is 4.90 Å². The second-order valence-electron chi connectivity index (χ2n) is 4.76. The van der Waals surface area contributed by atoms with E-state index in [0.29, 0.717) is 22.6 Å². The summed E-state index contributed by atoms with van der Waals surface area (Å²) in [5.74, 6) is -0.230. The van der Waals surface area contributed by atoms with E-state index >= 15 is 0 Å². The number of carbonyl (C=O) groups is 1. The summed E-state index contributed by atoms with van der Waals surface area (Å²) >= 11 is 1.03. The Bertz CT molecular complexity index is 652. The van der Waals surface area contributed by atoms with Crippen LogP contribution in [0.3, 0.4) is 0 Å². The summed E-state index contributed by atoms with van der Waals surface area (Å²) in [6.45, 7) is 2.10. The molecule has 8 heteroatoms. The van der Waals surface area contributed by atoms with Crippen molar-refractivity contribution in [3.05, 3.63) is 46.0 Å². The van der Waals surface area contributed by atoms with Crippen molar-refractivity contribution in [1.29, 1.82) is 0 Å². The first-order chi connectivity index (χ1) is 10.3. The third kappa shape index (κ3) is 3.62. The molecule has 1 aromatic heterocycles. The van der Waals surface area contributed by atoms with Gasteiger partial charge in [0.25, 0.3) is 5.91 Å². The van der Waals surface area contributed by atoms with Crippen LogP contribution in [0.15, 0.2) is 24.3 Å². The first-order valence-electron chi connectivity index (χ1n) is 6.55. The Morgan fingerprint density at radius 1 is 1.27 bits per heavy atom. The summed E-state index contributed by atoms with van der Waals surface area (Å²) in [6, 6.07) is 4.77. The maximum atomic E-state index is 12.5. The molecule has 0 saturated carbocycles. The summed E-state index contributed by atoms with van der Waals surface area (Å²) in [7, 11) is 1.60. The summed E-state index contributed by atoms with van der Waals surface area (Å²) in [5.41, 5.74) is 0.554. The average molecular weight is 329 g/mol. The number of aromatic nitrogens is 2. The smallest absolute Gasteiger partial charge is 0.337 e. The summed E-state index contributed by atoms with van der Waals surface area (Å²) in [4.78, 5) is 14.2. The lowest BCUT2D eigenvalue weighted by molar-refractivity contribution is -0.137. The van der Waals surface area contributed by atoms with Crippen LogP contribution >= 0.6 is 11.5 Å². The van der Waals surface area contributed by atoms with Gasteiger partial charge in [-0.15, -0.1) is 5.10 Å². The van der Waals surface area contributed by atoms with E-state index in [1.165, 1.54) is 17.0 Å². The van der Waals surface area contributed by atoms with Crippen LogP contribution in [0.1, 0.15) is 33.4 Å². The Morgan fingerprint density at radius 2 is 1.91 bits per heavy atom. The zero-order valence-corrected chi connectivity index (χ0v) is 12.8. The maximum absolute atomic E-state index is 12.5. The Hall–Kier alpha value is -1.96. The Balaban J connectivity index is 2.08. The lowest BCUT2D eigenvalue weighted by Crippen LogP contribution is -2.26. The summed E-state index contributed by atoms with van der Waals surface area (Å²) in [5, 5.41) is 3.88. The minimum atomic E-state index is -4.36. The number of hydrogen-bond acceptors (Lipinski definition) is 4. The van der Waals surface area contributed by atoms with Crippen LogP contribution in [-0.4, -0.2) is 27.4 Å². The standard InChI is InChI=1S/C14H14F3N3OS/c1-3-11-12(22-19-18-11)13(21)20(2)8-9-4-6-10(7-5-9)14(15,16)17/h4-7H,3,8H2,1-2H3. The van der Waals surface area contributed by atoms with Crippen molar-refractivity contribution >= 4 is 17.4 Å². The van der Waals surface area contributed by atoms with Gasteiger partial charge in [0.15, 0.2) is 0 Å². The van der Waals surface area contributed by atoms with Crippen molar-refractivity contribution in [3.63, 3.8) is 0 Å². The van der Waals surface area contributed by atoms with Crippen molar-refractivity contribution in [1.82, 2.24) is 14.5 Å². The molecule has 0 N–H and O–H groups in total. The Labute approximate surface area is 129 Å². The molecule has 1 heterocycles. The fraction of sp³-hybridized carbons (Fsp3) is 0.357. The number of aryl methyl sites for hydroxylation is 1. The minimum absolute atomic E-state index is 0.220. The quantitative estimate of drug-likeness (QED) is 0.864. The molecule has 0 fully saturated rings. The molecule has 4 nitrogen and oxygen atoms in total. The third-order valence-corrected chi connectivity index (χ3v) is 3.89. The van der Waals surface area contributed by atoms with E-state index in [1.807, 2.05) is 6.92 Å². The van der Waals surface area contributed by atoms with Gasteiger partial charge in [0.2, 0.25) is 0 Å². The number of alkyl halides is 3. The lowest BCUT2D eigenvalue weighted by Gasteiger charge is -2.17. The van der Waals surface area contributed by atoms with Gasteiger partial charge in [-0.25, -0.2) is 0 Å². The average Bonchev–Trinajstić information content (AvgIpc) is 2.94. The van der Waals surface area contributed by atoms with E-state index < -0.39 is 11.7 Å². The SMILES string of the molecule is CCc1nnsc1C(=O)N(C)Cc1ccc(C(F)(F)F)cc1. The zero-order valence-electron chi connectivity index (χ0n) is 12.0. The van der Waals surface area contributed by atoms with Gasteiger partial charge in [0.05, 0.1) is 11.3 Å². The molecule has 0 bridgehead atoms. The second-order valence-corrected chi connectivity index (χ2v) is 5.51. The zero-order chi connectivity index (χ0) is 16.3. The van der Waals surface area contributed by atoms with Crippen LogP contribution in [0.5, 0.6) is 0 Å². The number of halogens is 3. The molecular weight excluding hydrogens is 315 g/mol. The van der Waals surface area contributed by atoms with Gasteiger partial charge in [-0.2, -0.15) is 13.2 Å². The molecule has 2 rings (SSSR count). The molecule has 0 unspecified atom stereocenters. The predicted octanol–water partition coefficient (Wildman–Crippen LogP) is 3.39. The molecular formula is C14H14F3N3OS. The van der Waals surface area contributed by atoms with Crippen LogP contribution in [0.25, 0.3) is 0 Å². The number of carbonyl (C=O) groups excluding carboxylic acids is 1. The molecule has 0 radical (unpaired) electrons. The molecule has 2 aromatic rings. The van der Waals surface area contributed by atoms with Crippen molar-refractivity contribution in [2.24, 2.45) is 0 Å². The number of amides is 1. The van der Waals surface area contributed by atoms with Crippen molar-refractivity contribution in [2.45, 2.75) is 26.1 Å². The molecule has 0 aliphatic rings. The largest absolute Gasteiger partial charge is 0.416 e. The fourth-order valence-electron chi connectivity index (χ4n) is 1.92. The second kappa shape index (κ2) is 6.43. The van der Waals surface area contributed by atoms with Crippen LogP contribution in [-0.2, 0) is 19.1 Å². The summed E-state index contributed by atoms with van der Waals surface area (Å²) < 4.78 is 41.3. The molecule has 0 aliphatic heterocycles. The van der Waals surface area contributed by atoms with Gasteiger partial charge in [-0.1, -0.05) is 23.5 Å². The van der Waals surface area contributed by atoms with Crippen molar-refractivity contribution < 1.29 is 18.0 Å². The topological polar surface area (TPSA) is 46.1 Å².